The molecule has 0 aromatic heterocycles. The zero-order chi connectivity index (χ0) is 40.2. The second kappa shape index (κ2) is 20.3. The van der Waals surface area contributed by atoms with Gasteiger partial charge in [0.05, 0.1) is 6.61 Å². The smallest absolute Gasteiger partial charge is 0.463 e. The average Bonchev–Trinajstić information content (AvgIpc) is 3.00. The number of rotatable bonds is 16. The average molecular weight is 787 g/mol. The van der Waals surface area contributed by atoms with Gasteiger partial charge in [-0.05, 0) is 6.92 Å². The third kappa shape index (κ3) is 14.3. The molecule has 2 heterocycles. The summed E-state index contributed by atoms with van der Waals surface area (Å²) < 4.78 is 84.8. The van der Waals surface area contributed by atoms with E-state index in [1.807, 2.05) is 0 Å². The van der Waals surface area contributed by atoms with Crippen molar-refractivity contribution < 1.29 is 104 Å². The SMILES string of the molecule is CCOP(=O)(O[C@H]1O[C@H](COC(C)=O)[C@@H](OC(C)=O)[C@H](OC(C)=O)[C@@H]1OC(C)=O)O[C@@H]1O[C@@H](COC(C)=O)[C@H](OC(C)=O)[C@@H](OC(C)=O)[C@H]1OC(C)=O. The van der Waals surface area contributed by atoms with Crippen molar-refractivity contribution in [3.63, 3.8) is 0 Å². The van der Waals surface area contributed by atoms with E-state index in [0.29, 0.717) is 0 Å². The Morgan fingerprint density at radius 3 is 1.00 bits per heavy atom. The van der Waals surface area contributed by atoms with Crippen LogP contribution < -0.4 is 0 Å². The topological polar surface area (TPSA) is 274 Å². The minimum absolute atomic E-state index is 0.437. The van der Waals surface area contributed by atoms with E-state index in [0.717, 1.165) is 55.4 Å². The number of ether oxygens (including phenoxy) is 10. The second-order valence-electron chi connectivity index (χ2n) is 11.2. The summed E-state index contributed by atoms with van der Waals surface area (Å²) in [6, 6.07) is 0. The van der Waals surface area contributed by atoms with Crippen molar-refractivity contribution in [2.45, 2.75) is 124 Å². The Morgan fingerprint density at radius 1 is 0.453 bits per heavy atom. The Hall–Kier alpha value is -4.21. The van der Waals surface area contributed by atoms with Crippen molar-refractivity contribution in [2.75, 3.05) is 19.8 Å². The first-order valence-corrected chi connectivity index (χ1v) is 17.3. The predicted molar refractivity (Wildman–Crippen MR) is 165 cm³/mol. The standard InChI is InChI=1S/C30H43O22P/c1-10-42-53(39,51-29-27(47-19(8)37)25(45-17(6)35)23(43-15(4)33)21(49-29)11-40-13(2)31)52-30-28(48-20(9)38)26(46-18(7)36)24(44-16(5)34)22(50-30)12-41-14(3)32/h21-30H,10-12H2,1-9H3/t21-,22+,23-,24+,25+,26-,27+,28-,29-,30+,53?. The maximum Gasteiger partial charge on any atom is 0.479 e. The molecule has 0 radical (unpaired) electrons. The first kappa shape index (κ1) is 44.9. The summed E-state index contributed by atoms with van der Waals surface area (Å²) >= 11 is 0. The molecular weight excluding hydrogens is 743 g/mol. The normalized spacial score (nSPS) is 29.2. The van der Waals surface area contributed by atoms with Crippen LogP contribution in [0.5, 0.6) is 0 Å². The lowest BCUT2D eigenvalue weighted by molar-refractivity contribution is -0.304. The molecule has 2 rings (SSSR count). The van der Waals surface area contributed by atoms with Crippen LogP contribution in [-0.4, -0.2) is 129 Å². The largest absolute Gasteiger partial charge is 0.479 e. The summed E-state index contributed by atoms with van der Waals surface area (Å²) in [6.45, 7) is 7.52. The molecule has 0 spiro atoms. The number of phosphoric ester groups is 1. The lowest BCUT2D eigenvalue weighted by atomic mass is 9.98. The van der Waals surface area contributed by atoms with Gasteiger partial charge in [-0.25, -0.2) is 4.57 Å². The molecule has 2 fully saturated rings. The zero-order valence-electron chi connectivity index (χ0n) is 30.3. The van der Waals surface area contributed by atoms with Gasteiger partial charge in [0.15, 0.2) is 36.6 Å². The van der Waals surface area contributed by atoms with Crippen LogP contribution in [0.3, 0.4) is 0 Å². The Bertz CT molecular complexity index is 1320. The molecule has 0 aromatic rings. The van der Waals surface area contributed by atoms with Gasteiger partial charge in [-0.15, -0.1) is 0 Å². The van der Waals surface area contributed by atoms with Crippen LogP contribution in [0.15, 0.2) is 0 Å². The molecular formula is C30H43O22P. The fourth-order valence-electron chi connectivity index (χ4n) is 5.05. The highest BCUT2D eigenvalue weighted by molar-refractivity contribution is 7.48. The molecule has 11 atom stereocenters. The van der Waals surface area contributed by atoms with Crippen LogP contribution in [0.2, 0.25) is 0 Å². The van der Waals surface area contributed by atoms with E-state index in [-0.39, 0.29) is 0 Å². The van der Waals surface area contributed by atoms with Crippen molar-refractivity contribution in [2.24, 2.45) is 0 Å². The van der Waals surface area contributed by atoms with Crippen molar-refractivity contribution in [1.82, 2.24) is 0 Å². The summed E-state index contributed by atoms with van der Waals surface area (Å²) in [5.41, 5.74) is 0. The number of hydrogen-bond donors (Lipinski definition) is 0. The summed E-state index contributed by atoms with van der Waals surface area (Å²) in [6.07, 6.45) is -17.8. The van der Waals surface area contributed by atoms with Crippen molar-refractivity contribution >= 4 is 55.6 Å². The van der Waals surface area contributed by atoms with Gasteiger partial charge in [0.2, 0.25) is 12.6 Å². The molecule has 0 amide bonds. The van der Waals surface area contributed by atoms with Crippen molar-refractivity contribution in [3.05, 3.63) is 0 Å². The predicted octanol–water partition coefficient (Wildman–Crippen LogP) is 0.330. The lowest BCUT2D eigenvalue weighted by Crippen LogP contribution is -2.63. The minimum atomic E-state index is -5.21. The highest BCUT2D eigenvalue weighted by Crippen LogP contribution is 2.55. The Kier molecular flexibility index (Phi) is 17.2. The molecule has 0 aliphatic carbocycles. The summed E-state index contributed by atoms with van der Waals surface area (Å²) in [7, 11) is -5.21. The van der Waals surface area contributed by atoms with E-state index in [9.17, 15) is 42.9 Å². The molecule has 300 valence electrons. The first-order chi connectivity index (χ1) is 24.7. The molecule has 0 saturated carbocycles. The Morgan fingerprint density at radius 2 is 0.736 bits per heavy atom. The van der Waals surface area contributed by atoms with E-state index in [2.05, 4.69) is 0 Å². The van der Waals surface area contributed by atoms with Gasteiger partial charge in [0.1, 0.15) is 25.4 Å². The van der Waals surface area contributed by atoms with Gasteiger partial charge in [-0.1, -0.05) is 0 Å². The zero-order valence-corrected chi connectivity index (χ0v) is 31.2. The van der Waals surface area contributed by atoms with Crippen molar-refractivity contribution in [3.8, 4) is 0 Å². The summed E-state index contributed by atoms with van der Waals surface area (Å²) in [5, 5.41) is 0. The van der Waals surface area contributed by atoms with E-state index < -0.39 is 137 Å². The monoisotopic (exact) mass is 786 g/mol. The number of esters is 8. The van der Waals surface area contributed by atoms with Gasteiger partial charge in [0.25, 0.3) is 0 Å². The van der Waals surface area contributed by atoms with E-state index in [1.54, 1.807) is 0 Å². The third-order valence-corrected chi connectivity index (χ3v) is 8.16. The van der Waals surface area contributed by atoms with Crippen LogP contribution in [0.1, 0.15) is 62.3 Å². The van der Waals surface area contributed by atoms with E-state index in [1.165, 1.54) is 6.92 Å². The number of carbonyl (C=O) groups is 8. The van der Waals surface area contributed by atoms with Crippen LogP contribution >= 0.6 is 7.82 Å². The van der Waals surface area contributed by atoms with Gasteiger partial charge in [-0.2, -0.15) is 0 Å². The Labute approximate surface area is 303 Å². The van der Waals surface area contributed by atoms with Gasteiger partial charge in [0, 0.05) is 55.4 Å². The first-order valence-electron chi connectivity index (χ1n) is 15.9. The highest BCUT2D eigenvalue weighted by atomic mass is 31.2. The van der Waals surface area contributed by atoms with Gasteiger partial charge >= 0.3 is 55.6 Å². The molecule has 2 saturated heterocycles. The molecule has 0 bridgehead atoms. The molecule has 22 nitrogen and oxygen atoms in total. The summed E-state index contributed by atoms with van der Waals surface area (Å²) in [5.74, 6) is -7.45. The fraction of sp³-hybridized carbons (Fsp3) is 0.733. The van der Waals surface area contributed by atoms with Crippen LogP contribution in [0, 0.1) is 0 Å². The minimum Gasteiger partial charge on any atom is -0.463 e. The molecule has 23 heteroatoms. The van der Waals surface area contributed by atoms with Crippen LogP contribution in [0.4, 0.5) is 0 Å². The molecule has 0 aromatic carbocycles. The van der Waals surface area contributed by atoms with E-state index >= 15 is 0 Å². The maximum atomic E-state index is 14.5. The number of hydrogen-bond acceptors (Lipinski definition) is 22. The molecule has 1 unspecified atom stereocenters. The third-order valence-electron chi connectivity index (χ3n) is 6.65. The maximum absolute atomic E-state index is 14.5. The van der Waals surface area contributed by atoms with Crippen molar-refractivity contribution in [1.29, 1.82) is 0 Å². The molecule has 2 aliphatic rings. The molecule has 2 aliphatic heterocycles. The highest BCUT2D eigenvalue weighted by Gasteiger charge is 2.58. The molecule has 53 heavy (non-hydrogen) atoms. The van der Waals surface area contributed by atoms with Gasteiger partial charge in [-0.3, -0.25) is 51.9 Å². The number of carbonyl (C=O) groups excluding carboxylic acids is 8. The van der Waals surface area contributed by atoms with E-state index in [4.69, 9.17) is 60.9 Å². The van der Waals surface area contributed by atoms with Crippen LogP contribution in [-0.2, 0) is 104 Å². The Balaban J connectivity index is 2.71. The quantitative estimate of drug-likeness (QED) is 0.116. The lowest BCUT2D eigenvalue weighted by Gasteiger charge is -2.45. The number of phosphoric acid groups is 1. The molecule has 0 N–H and O–H groups in total. The fourth-order valence-corrected chi connectivity index (χ4v) is 6.38. The van der Waals surface area contributed by atoms with Gasteiger partial charge < -0.3 is 47.4 Å². The second-order valence-corrected chi connectivity index (χ2v) is 12.8. The summed E-state index contributed by atoms with van der Waals surface area (Å²) in [4.78, 5) is 96.6. The van der Waals surface area contributed by atoms with Crippen LogP contribution in [0.25, 0.3) is 0 Å².